The first-order chi connectivity index (χ1) is 21.0. The van der Waals surface area contributed by atoms with Crippen LogP contribution in [0.3, 0.4) is 0 Å². The molecule has 7 rings (SSSR count). The molecule has 22 heteroatoms. The summed E-state index contributed by atoms with van der Waals surface area (Å²) in [7, 11) is 0. The number of nitrogens with two attached hydrogens (primary N) is 2. The smallest absolute Gasteiger partial charge is 0.386 e. The number of anilines is 2. The predicted octanol–water partition coefficient (Wildman–Crippen LogP) is -0.0730. The molecule has 3 fully saturated rings. The number of aromatic amines is 1. The SMILES string of the molecule is Nc1nc2c(ncn2[C@@H]2SC[C@](F)(CCO)[C@H]2OP(=O)(S)OC[C@@]23CO[C@@H]([C@H](n4cnc5c(N)ncnc54)O2)[C@@H]3O)c(=O)[nH]1. The van der Waals surface area contributed by atoms with Gasteiger partial charge in [0.2, 0.25) is 5.95 Å². The van der Waals surface area contributed by atoms with Gasteiger partial charge >= 0.3 is 6.80 Å². The van der Waals surface area contributed by atoms with Crippen LogP contribution in [0, 0.1) is 0 Å². The summed E-state index contributed by atoms with van der Waals surface area (Å²) >= 11 is 5.19. The number of thioether (sulfide) groups is 1. The molecule has 18 nitrogen and oxygen atoms in total. The Morgan fingerprint density at radius 2 is 2.00 bits per heavy atom. The molecule has 236 valence electrons. The lowest BCUT2D eigenvalue weighted by Gasteiger charge is -2.33. The standard InChI is InChI=1S/C22H26FN10O8PS2/c23-21(1-2-34)5-44-19(33-8-29-10-16(33)30-20(25)31-17(10)36)13(21)41-42(37,43)39-4-22-3-38-11(12(22)35)18(40-22)32-7-28-9-14(24)26-6-27-15(9)32/h6-8,11-13,18-19,34-35H,1-5H2,(H,37,43)(H2,24,26,27)(H3,25,30,31,36)/t11-,12+,13+,18-,19-,21-,22-,42?/m1/s1. The number of nitrogens with zero attached hydrogens (tertiary/aromatic N) is 7. The van der Waals surface area contributed by atoms with Crippen LogP contribution in [0.1, 0.15) is 18.0 Å². The minimum absolute atomic E-state index is 0.0426. The van der Waals surface area contributed by atoms with Gasteiger partial charge < -0.3 is 31.2 Å². The average Bonchev–Trinajstić information content (AvgIpc) is 3.77. The summed E-state index contributed by atoms with van der Waals surface area (Å²) < 4.78 is 56.2. The van der Waals surface area contributed by atoms with Gasteiger partial charge in [0.1, 0.15) is 41.1 Å². The summed E-state index contributed by atoms with van der Waals surface area (Å²) in [6, 6.07) is 0. The second-order valence-electron chi connectivity index (χ2n) is 10.6. The maximum Gasteiger partial charge on any atom is 0.386 e. The Labute approximate surface area is 255 Å². The maximum absolute atomic E-state index is 16.2. The van der Waals surface area contributed by atoms with Gasteiger partial charge in [-0.1, -0.05) is 12.2 Å². The third-order valence-electron chi connectivity index (χ3n) is 7.90. The lowest BCUT2D eigenvalue weighted by molar-refractivity contribution is -0.183. The van der Waals surface area contributed by atoms with E-state index in [0.29, 0.717) is 11.2 Å². The molecule has 1 unspecified atom stereocenters. The summed E-state index contributed by atoms with van der Waals surface area (Å²) in [5, 5.41) is 19.8. The molecule has 4 aromatic heterocycles. The number of aliphatic hydroxyl groups excluding tert-OH is 2. The second kappa shape index (κ2) is 10.6. The van der Waals surface area contributed by atoms with Gasteiger partial charge in [0.25, 0.3) is 5.56 Å². The second-order valence-corrected chi connectivity index (χ2v) is 14.6. The highest BCUT2D eigenvalue weighted by atomic mass is 32.7. The van der Waals surface area contributed by atoms with Gasteiger partial charge in [0.15, 0.2) is 34.5 Å². The van der Waals surface area contributed by atoms with Crippen LogP contribution in [0.2, 0.25) is 0 Å². The van der Waals surface area contributed by atoms with E-state index in [-0.39, 0.29) is 41.7 Å². The minimum atomic E-state index is -4.40. The van der Waals surface area contributed by atoms with E-state index in [4.69, 9.17) is 30.0 Å². The fourth-order valence-corrected chi connectivity index (χ4v) is 8.85. The summed E-state index contributed by atoms with van der Waals surface area (Å²) in [5.41, 5.74) is 8.03. The first-order valence-corrected chi connectivity index (χ1v) is 16.9. The Hall–Kier alpha value is -2.88. The fraction of sp³-hybridized carbons (Fsp3) is 0.545. The van der Waals surface area contributed by atoms with Crippen molar-refractivity contribution in [1.29, 1.82) is 0 Å². The fourth-order valence-electron chi connectivity index (χ4n) is 5.71. The lowest BCUT2D eigenvalue weighted by atomic mass is 9.97. The molecule has 2 bridgehead atoms. The Balaban J connectivity index is 1.13. The van der Waals surface area contributed by atoms with Gasteiger partial charge in [-0.15, -0.1) is 11.8 Å². The van der Waals surface area contributed by atoms with Crippen LogP contribution >= 0.6 is 30.8 Å². The number of aliphatic hydroxyl groups is 2. The summed E-state index contributed by atoms with van der Waals surface area (Å²) in [5.74, 6) is -0.183. The van der Waals surface area contributed by atoms with Crippen molar-refractivity contribution in [2.45, 2.75) is 47.6 Å². The number of H-pyrrole nitrogens is 1. The monoisotopic (exact) mass is 672 g/mol. The van der Waals surface area contributed by atoms with E-state index in [0.717, 1.165) is 11.8 Å². The van der Waals surface area contributed by atoms with Crippen molar-refractivity contribution in [2.24, 2.45) is 0 Å². The van der Waals surface area contributed by atoms with E-state index in [2.05, 4.69) is 42.2 Å². The van der Waals surface area contributed by atoms with Gasteiger partial charge in [-0.3, -0.25) is 28.0 Å². The highest BCUT2D eigenvalue weighted by Gasteiger charge is 2.63. The number of hydrogen-bond acceptors (Lipinski definition) is 16. The Morgan fingerprint density at radius 1 is 1.23 bits per heavy atom. The van der Waals surface area contributed by atoms with E-state index in [1.165, 1.54) is 28.1 Å². The average molecular weight is 673 g/mol. The Morgan fingerprint density at radius 3 is 2.80 bits per heavy atom. The van der Waals surface area contributed by atoms with Gasteiger partial charge in [-0.2, -0.15) is 4.98 Å². The van der Waals surface area contributed by atoms with Crippen LogP contribution in [0.5, 0.6) is 0 Å². The van der Waals surface area contributed by atoms with Crippen LogP contribution in [0.15, 0.2) is 23.8 Å². The molecular formula is C22H26FN10O8PS2. The number of fused-ring (bicyclic) bond motifs is 4. The molecule has 0 saturated carbocycles. The number of alkyl halides is 1. The molecular weight excluding hydrogens is 646 g/mol. The van der Waals surface area contributed by atoms with E-state index in [1.807, 2.05) is 0 Å². The zero-order chi connectivity index (χ0) is 31.0. The van der Waals surface area contributed by atoms with Gasteiger partial charge in [-0.25, -0.2) is 28.9 Å². The number of ether oxygens (including phenoxy) is 2. The van der Waals surface area contributed by atoms with Crippen LogP contribution in [0.4, 0.5) is 16.2 Å². The third-order valence-corrected chi connectivity index (χ3v) is 10.9. The molecule has 0 spiro atoms. The van der Waals surface area contributed by atoms with E-state index < -0.39 is 66.8 Å². The number of imidazole rings is 2. The summed E-state index contributed by atoms with van der Waals surface area (Å²) in [6.07, 6.45) is -0.874. The summed E-state index contributed by atoms with van der Waals surface area (Å²) in [6.45, 7) is -5.54. The number of halogens is 1. The number of thiol groups is 1. The molecule has 0 aromatic carbocycles. The molecule has 4 aromatic rings. The number of hydrogen-bond donors (Lipinski definition) is 6. The topological polar surface area (TPSA) is 254 Å². The van der Waals surface area contributed by atoms with E-state index in [1.54, 1.807) is 0 Å². The molecule has 7 N–H and O–H groups in total. The van der Waals surface area contributed by atoms with Gasteiger partial charge in [0, 0.05) is 18.8 Å². The number of aromatic nitrogens is 8. The van der Waals surface area contributed by atoms with Crippen LogP contribution in [-0.2, 0) is 23.1 Å². The largest absolute Gasteiger partial charge is 0.396 e. The maximum atomic E-state index is 16.2. The molecule has 8 atom stereocenters. The van der Waals surface area contributed by atoms with Crippen molar-refractivity contribution in [3.05, 3.63) is 29.3 Å². The van der Waals surface area contributed by atoms with Crippen molar-refractivity contribution in [1.82, 2.24) is 39.0 Å². The zero-order valence-electron chi connectivity index (χ0n) is 22.5. The zero-order valence-corrected chi connectivity index (χ0v) is 25.1. The molecule has 0 aliphatic carbocycles. The highest BCUT2D eigenvalue weighted by molar-refractivity contribution is 8.44. The predicted molar refractivity (Wildman–Crippen MR) is 155 cm³/mol. The van der Waals surface area contributed by atoms with Crippen molar-refractivity contribution >= 4 is 64.9 Å². The number of nitrogen functional groups attached to an aromatic ring is 2. The molecule has 3 saturated heterocycles. The molecule has 3 aliphatic heterocycles. The summed E-state index contributed by atoms with van der Waals surface area (Å²) in [4.78, 5) is 35.2. The molecule has 7 heterocycles. The molecule has 3 aliphatic rings. The molecule has 0 radical (unpaired) electrons. The van der Waals surface area contributed by atoms with Crippen molar-refractivity contribution < 1.29 is 37.7 Å². The quantitative estimate of drug-likeness (QED) is 0.100. The minimum Gasteiger partial charge on any atom is -0.396 e. The van der Waals surface area contributed by atoms with Gasteiger partial charge in [0.05, 0.1) is 25.9 Å². The Kier molecular flexibility index (Phi) is 7.18. The third kappa shape index (κ3) is 4.69. The first kappa shape index (κ1) is 29.8. The lowest BCUT2D eigenvalue weighted by Crippen LogP contribution is -2.45. The Bertz CT molecular complexity index is 1860. The normalized spacial score (nSPS) is 33.0. The van der Waals surface area contributed by atoms with Crippen LogP contribution in [-0.4, -0.2) is 104 Å². The van der Waals surface area contributed by atoms with Crippen LogP contribution < -0.4 is 17.0 Å². The van der Waals surface area contributed by atoms with E-state index in [9.17, 15) is 19.6 Å². The van der Waals surface area contributed by atoms with Gasteiger partial charge in [-0.05, 0) is 0 Å². The first-order valence-electron chi connectivity index (χ1n) is 13.2. The number of nitrogens with one attached hydrogen (secondary N) is 1. The van der Waals surface area contributed by atoms with Crippen LogP contribution in [0.25, 0.3) is 22.3 Å². The van der Waals surface area contributed by atoms with Crippen molar-refractivity contribution in [3.8, 4) is 0 Å². The van der Waals surface area contributed by atoms with Crippen molar-refractivity contribution in [2.75, 3.05) is 37.0 Å². The number of rotatable bonds is 9. The van der Waals surface area contributed by atoms with Crippen molar-refractivity contribution in [3.63, 3.8) is 0 Å². The highest BCUT2D eigenvalue weighted by Crippen LogP contribution is 2.61. The molecule has 44 heavy (non-hydrogen) atoms. The van der Waals surface area contributed by atoms with E-state index >= 15 is 4.39 Å². The molecule has 0 amide bonds.